The number of hydrogen-bond acceptors (Lipinski definition) is 3. The molecule has 5 heteroatoms. The zero-order valence-electron chi connectivity index (χ0n) is 10.0. The smallest absolute Gasteiger partial charge is 0.155 e. The van der Waals surface area contributed by atoms with E-state index in [9.17, 15) is 0 Å². The van der Waals surface area contributed by atoms with Crippen molar-refractivity contribution in [3.05, 3.63) is 36.2 Å². The number of imidazole rings is 1. The van der Waals surface area contributed by atoms with Gasteiger partial charge in [0, 0.05) is 30.7 Å². The van der Waals surface area contributed by atoms with Gasteiger partial charge in [-0.2, -0.15) is 5.10 Å². The molecule has 0 N–H and O–H groups in total. The number of rotatable bonds is 1. The SMILES string of the molecule is Cc1nc2cnc(-c3cnn(C)c3)cn2c1C. The first-order valence-electron chi connectivity index (χ1n) is 5.45. The van der Waals surface area contributed by atoms with E-state index in [1.807, 2.05) is 32.6 Å². The van der Waals surface area contributed by atoms with E-state index in [2.05, 4.69) is 26.4 Å². The standard InChI is InChI=1S/C12H13N5/c1-8-9(2)17-7-11(13-5-12(17)15-8)10-4-14-16(3)6-10/h4-7H,1-3H3. The maximum atomic E-state index is 4.43. The highest BCUT2D eigenvalue weighted by molar-refractivity contribution is 5.58. The third-order valence-corrected chi connectivity index (χ3v) is 2.99. The normalized spacial score (nSPS) is 11.2. The van der Waals surface area contributed by atoms with Crippen LogP contribution in [0.1, 0.15) is 11.4 Å². The molecule has 0 amide bonds. The van der Waals surface area contributed by atoms with Crippen LogP contribution in [0.3, 0.4) is 0 Å². The Balaban J connectivity index is 2.22. The van der Waals surface area contributed by atoms with Crippen molar-refractivity contribution < 1.29 is 0 Å². The van der Waals surface area contributed by atoms with Crippen LogP contribution < -0.4 is 0 Å². The van der Waals surface area contributed by atoms with Crippen molar-refractivity contribution in [1.29, 1.82) is 0 Å². The second kappa shape index (κ2) is 3.41. The molecule has 86 valence electrons. The van der Waals surface area contributed by atoms with Crippen molar-refractivity contribution in [2.45, 2.75) is 13.8 Å². The van der Waals surface area contributed by atoms with Gasteiger partial charge in [0.2, 0.25) is 0 Å². The Kier molecular flexibility index (Phi) is 2.01. The molecular formula is C12H13N5. The average Bonchev–Trinajstić information content (AvgIpc) is 2.85. The van der Waals surface area contributed by atoms with Gasteiger partial charge in [-0.15, -0.1) is 0 Å². The molecule has 0 bridgehead atoms. The average molecular weight is 227 g/mol. The maximum absolute atomic E-state index is 4.43. The van der Waals surface area contributed by atoms with E-state index in [1.165, 1.54) is 0 Å². The van der Waals surface area contributed by atoms with Gasteiger partial charge in [0.05, 0.1) is 23.8 Å². The van der Waals surface area contributed by atoms with Crippen LogP contribution in [0.15, 0.2) is 24.8 Å². The fourth-order valence-corrected chi connectivity index (χ4v) is 1.89. The van der Waals surface area contributed by atoms with Gasteiger partial charge < -0.3 is 4.40 Å². The fraction of sp³-hybridized carbons (Fsp3) is 0.250. The molecule has 0 aliphatic rings. The topological polar surface area (TPSA) is 48.0 Å². The predicted octanol–water partition coefficient (Wildman–Crippen LogP) is 1.75. The van der Waals surface area contributed by atoms with Crippen molar-refractivity contribution in [3.63, 3.8) is 0 Å². The third-order valence-electron chi connectivity index (χ3n) is 2.99. The zero-order valence-corrected chi connectivity index (χ0v) is 10.0. The van der Waals surface area contributed by atoms with E-state index in [0.29, 0.717) is 0 Å². The number of nitrogens with zero attached hydrogens (tertiary/aromatic N) is 5. The lowest BCUT2D eigenvalue weighted by Gasteiger charge is -1.99. The van der Waals surface area contributed by atoms with Crippen LogP contribution in [0.2, 0.25) is 0 Å². The fourth-order valence-electron chi connectivity index (χ4n) is 1.89. The molecule has 0 aliphatic heterocycles. The van der Waals surface area contributed by atoms with Crippen LogP contribution in [0.5, 0.6) is 0 Å². The highest BCUT2D eigenvalue weighted by atomic mass is 15.2. The van der Waals surface area contributed by atoms with Crippen molar-refractivity contribution in [3.8, 4) is 11.3 Å². The molecule has 0 saturated heterocycles. The molecule has 0 aliphatic carbocycles. The monoisotopic (exact) mass is 227 g/mol. The van der Waals surface area contributed by atoms with Crippen LogP contribution in [-0.4, -0.2) is 24.1 Å². The Hall–Kier alpha value is -2.17. The summed E-state index contributed by atoms with van der Waals surface area (Å²) in [5, 5.41) is 4.15. The van der Waals surface area contributed by atoms with Crippen LogP contribution in [-0.2, 0) is 7.05 Å². The van der Waals surface area contributed by atoms with Gasteiger partial charge in [-0.3, -0.25) is 9.67 Å². The summed E-state index contributed by atoms with van der Waals surface area (Å²) in [5.41, 5.74) is 4.99. The molecule has 0 spiro atoms. The van der Waals surface area contributed by atoms with Crippen molar-refractivity contribution in [2.24, 2.45) is 7.05 Å². The molecule has 0 radical (unpaired) electrons. The Morgan fingerprint density at radius 2 is 1.94 bits per heavy atom. The Morgan fingerprint density at radius 3 is 2.65 bits per heavy atom. The van der Waals surface area contributed by atoms with Gasteiger partial charge in [0.25, 0.3) is 0 Å². The van der Waals surface area contributed by atoms with E-state index in [1.54, 1.807) is 10.9 Å². The lowest BCUT2D eigenvalue weighted by molar-refractivity contribution is 0.768. The minimum Gasteiger partial charge on any atom is -0.301 e. The number of aryl methyl sites for hydroxylation is 3. The van der Waals surface area contributed by atoms with Crippen LogP contribution in [0, 0.1) is 13.8 Å². The summed E-state index contributed by atoms with van der Waals surface area (Å²) >= 11 is 0. The Labute approximate surface area is 98.7 Å². The lowest BCUT2D eigenvalue weighted by atomic mass is 10.3. The van der Waals surface area contributed by atoms with Gasteiger partial charge in [-0.25, -0.2) is 4.98 Å². The minimum atomic E-state index is 0.882. The first-order chi connectivity index (χ1) is 8.15. The van der Waals surface area contributed by atoms with Gasteiger partial charge in [-0.1, -0.05) is 0 Å². The summed E-state index contributed by atoms with van der Waals surface area (Å²) in [5.74, 6) is 0. The summed E-state index contributed by atoms with van der Waals surface area (Å²) in [6.45, 7) is 4.06. The highest BCUT2D eigenvalue weighted by Gasteiger charge is 2.07. The molecule has 3 rings (SSSR count). The molecule has 0 atom stereocenters. The predicted molar refractivity (Wildman–Crippen MR) is 64.7 cm³/mol. The van der Waals surface area contributed by atoms with E-state index in [0.717, 1.165) is 28.3 Å². The van der Waals surface area contributed by atoms with Gasteiger partial charge in [0.15, 0.2) is 5.65 Å². The Bertz CT molecular complexity index is 692. The van der Waals surface area contributed by atoms with Crippen molar-refractivity contribution in [1.82, 2.24) is 24.1 Å². The number of aromatic nitrogens is 5. The molecule has 3 heterocycles. The number of fused-ring (bicyclic) bond motifs is 1. The quantitative estimate of drug-likeness (QED) is 0.636. The molecule has 0 unspecified atom stereocenters. The molecule has 5 nitrogen and oxygen atoms in total. The van der Waals surface area contributed by atoms with Gasteiger partial charge in [-0.05, 0) is 13.8 Å². The number of hydrogen-bond donors (Lipinski definition) is 0. The molecular weight excluding hydrogens is 214 g/mol. The summed E-state index contributed by atoms with van der Waals surface area (Å²) in [6.07, 6.45) is 7.56. The van der Waals surface area contributed by atoms with Gasteiger partial charge in [0.1, 0.15) is 0 Å². The first-order valence-corrected chi connectivity index (χ1v) is 5.45. The van der Waals surface area contributed by atoms with E-state index in [-0.39, 0.29) is 0 Å². The van der Waals surface area contributed by atoms with E-state index < -0.39 is 0 Å². The molecule has 0 saturated carbocycles. The van der Waals surface area contributed by atoms with E-state index in [4.69, 9.17) is 0 Å². The van der Waals surface area contributed by atoms with Crippen molar-refractivity contribution >= 4 is 5.65 Å². The lowest BCUT2D eigenvalue weighted by Crippen LogP contribution is -1.92. The van der Waals surface area contributed by atoms with Crippen LogP contribution in [0.25, 0.3) is 16.9 Å². The second-order valence-electron chi connectivity index (χ2n) is 4.19. The molecule has 0 aromatic carbocycles. The summed E-state index contributed by atoms with van der Waals surface area (Å²) in [6, 6.07) is 0. The summed E-state index contributed by atoms with van der Waals surface area (Å²) < 4.78 is 3.83. The molecule has 17 heavy (non-hydrogen) atoms. The summed E-state index contributed by atoms with van der Waals surface area (Å²) in [4.78, 5) is 8.84. The molecule has 3 aromatic heterocycles. The second-order valence-corrected chi connectivity index (χ2v) is 4.19. The minimum absolute atomic E-state index is 0.882. The Morgan fingerprint density at radius 1 is 1.12 bits per heavy atom. The van der Waals surface area contributed by atoms with Crippen molar-refractivity contribution in [2.75, 3.05) is 0 Å². The maximum Gasteiger partial charge on any atom is 0.155 e. The third kappa shape index (κ3) is 1.51. The van der Waals surface area contributed by atoms with Gasteiger partial charge >= 0.3 is 0 Å². The van der Waals surface area contributed by atoms with E-state index >= 15 is 0 Å². The zero-order chi connectivity index (χ0) is 12.0. The van der Waals surface area contributed by atoms with Crippen LogP contribution >= 0.6 is 0 Å². The first kappa shape index (κ1) is 10.0. The van der Waals surface area contributed by atoms with Crippen LogP contribution in [0.4, 0.5) is 0 Å². The largest absolute Gasteiger partial charge is 0.301 e. The summed E-state index contributed by atoms with van der Waals surface area (Å²) in [7, 11) is 1.90. The highest BCUT2D eigenvalue weighted by Crippen LogP contribution is 2.18. The molecule has 0 fully saturated rings. The molecule has 3 aromatic rings.